The molecule has 0 saturated carbocycles. The number of fused-ring (bicyclic) bond motifs is 2. The number of amides is 1. The van der Waals surface area contributed by atoms with Crippen molar-refractivity contribution in [2.24, 2.45) is 0 Å². The van der Waals surface area contributed by atoms with Crippen LogP contribution in [0.25, 0.3) is 11.0 Å². The van der Waals surface area contributed by atoms with Crippen molar-refractivity contribution in [3.63, 3.8) is 0 Å². The molecule has 1 aliphatic heterocycles. The quantitative estimate of drug-likeness (QED) is 0.237. The summed E-state index contributed by atoms with van der Waals surface area (Å²) < 4.78 is 18.2. The topological polar surface area (TPSA) is 69.0 Å². The van der Waals surface area contributed by atoms with Crippen LogP contribution in [0, 0.1) is 6.92 Å². The number of benzene rings is 4. The van der Waals surface area contributed by atoms with Gasteiger partial charge < -0.3 is 13.9 Å². The summed E-state index contributed by atoms with van der Waals surface area (Å²) in [5.74, 6) is 0.834. The lowest BCUT2D eigenvalue weighted by molar-refractivity contribution is 0.0971. The van der Waals surface area contributed by atoms with Gasteiger partial charge in [-0.1, -0.05) is 60.7 Å². The molecule has 5 aromatic rings. The minimum Gasteiger partial charge on any atom is -0.490 e. The summed E-state index contributed by atoms with van der Waals surface area (Å²) in [7, 11) is 0. The van der Waals surface area contributed by atoms with Crippen LogP contribution in [0.5, 0.6) is 11.5 Å². The fourth-order valence-corrected chi connectivity index (χ4v) is 5.10. The molecule has 6 rings (SSSR count). The molecule has 4 aromatic carbocycles. The van der Waals surface area contributed by atoms with E-state index in [4.69, 9.17) is 13.9 Å². The molecule has 0 N–H and O–H groups in total. The number of carbonyl (C=O) groups excluding carboxylic acids is 1. The van der Waals surface area contributed by atoms with E-state index in [0.717, 1.165) is 16.7 Å². The molecule has 1 amide bonds. The molecule has 1 aliphatic rings. The molecule has 0 aliphatic carbocycles. The number of rotatable bonds is 7. The Morgan fingerprint density at radius 2 is 1.62 bits per heavy atom. The average Bonchev–Trinajstić information content (AvgIpc) is 3.25. The largest absolute Gasteiger partial charge is 0.490 e. The van der Waals surface area contributed by atoms with Crippen LogP contribution >= 0.6 is 0 Å². The second-order valence-electron chi connectivity index (χ2n) is 9.50. The molecule has 0 saturated heterocycles. The Kier molecular flexibility index (Phi) is 6.37. The van der Waals surface area contributed by atoms with Gasteiger partial charge in [0.15, 0.2) is 16.9 Å². The maximum Gasteiger partial charge on any atom is 0.295 e. The van der Waals surface area contributed by atoms with Gasteiger partial charge in [-0.3, -0.25) is 14.5 Å². The first kappa shape index (κ1) is 24.5. The van der Waals surface area contributed by atoms with E-state index in [1.807, 2.05) is 86.6 Å². The van der Waals surface area contributed by atoms with E-state index in [0.29, 0.717) is 46.9 Å². The number of carbonyl (C=O) groups is 1. The minimum atomic E-state index is -0.697. The highest BCUT2D eigenvalue weighted by atomic mass is 16.5. The summed E-state index contributed by atoms with van der Waals surface area (Å²) in [4.78, 5) is 29.3. The van der Waals surface area contributed by atoms with E-state index in [1.54, 1.807) is 29.2 Å². The summed E-state index contributed by atoms with van der Waals surface area (Å²) in [5, 5.41) is 0.438. The molecule has 0 bridgehead atoms. The molecule has 0 spiro atoms. The Morgan fingerprint density at radius 1 is 0.821 bits per heavy atom. The zero-order valence-electron chi connectivity index (χ0n) is 21.7. The van der Waals surface area contributed by atoms with Gasteiger partial charge in [-0.25, -0.2) is 0 Å². The summed E-state index contributed by atoms with van der Waals surface area (Å²) in [6.07, 6.45) is 0. The maximum absolute atomic E-state index is 13.9. The zero-order chi connectivity index (χ0) is 26.9. The normalized spacial score (nSPS) is 14.5. The highest BCUT2D eigenvalue weighted by Crippen LogP contribution is 2.43. The predicted octanol–water partition coefficient (Wildman–Crippen LogP) is 6.83. The van der Waals surface area contributed by atoms with Crippen molar-refractivity contribution in [3.05, 3.63) is 135 Å². The van der Waals surface area contributed by atoms with Crippen molar-refractivity contribution in [2.45, 2.75) is 26.5 Å². The third kappa shape index (κ3) is 4.44. The molecule has 6 nitrogen and oxygen atoms in total. The van der Waals surface area contributed by atoms with Gasteiger partial charge in [-0.15, -0.1) is 0 Å². The van der Waals surface area contributed by atoms with E-state index < -0.39 is 6.04 Å². The summed E-state index contributed by atoms with van der Waals surface area (Å²) in [6.45, 7) is 4.69. The van der Waals surface area contributed by atoms with Gasteiger partial charge in [0.1, 0.15) is 12.2 Å². The first-order chi connectivity index (χ1) is 19.0. The van der Waals surface area contributed by atoms with Gasteiger partial charge in [0.25, 0.3) is 5.91 Å². The second-order valence-corrected chi connectivity index (χ2v) is 9.50. The van der Waals surface area contributed by atoms with E-state index in [2.05, 4.69) is 0 Å². The standard InChI is InChI=1S/C33H27NO5/c1-3-37-28-19-23(16-17-27(28)38-20-22-11-5-4-6-12-22)30-29-31(35)25-14-7-8-15-26(25)39-32(29)33(36)34(30)24-13-9-10-21(2)18-24/h4-19,30H,3,20H2,1-2H3. The number of hydrogen-bond donors (Lipinski definition) is 0. The third-order valence-electron chi connectivity index (χ3n) is 6.88. The van der Waals surface area contributed by atoms with Crippen LogP contribution in [-0.2, 0) is 6.61 Å². The van der Waals surface area contributed by atoms with Crippen LogP contribution < -0.4 is 19.8 Å². The number of nitrogens with zero attached hydrogens (tertiary/aromatic N) is 1. The number of hydrogen-bond acceptors (Lipinski definition) is 5. The van der Waals surface area contributed by atoms with Crippen molar-refractivity contribution in [1.29, 1.82) is 0 Å². The zero-order valence-corrected chi connectivity index (χ0v) is 21.7. The molecule has 2 heterocycles. The van der Waals surface area contributed by atoms with Gasteiger partial charge in [0.05, 0.1) is 23.6 Å². The average molecular weight is 518 g/mol. The first-order valence-electron chi connectivity index (χ1n) is 12.9. The molecule has 194 valence electrons. The van der Waals surface area contributed by atoms with Gasteiger partial charge in [-0.2, -0.15) is 0 Å². The summed E-state index contributed by atoms with van der Waals surface area (Å²) in [5.41, 5.74) is 3.93. The van der Waals surface area contributed by atoms with E-state index >= 15 is 0 Å². The summed E-state index contributed by atoms with van der Waals surface area (Å²) in [6, 6.07) is 29.5. The third-order valence-corrected chi connectivity index (χ3v) is 6.88. The Balaban J connectivity index is 1.50. The van der Waals surface area contributed by atoms with Crippen LogP contribution in [0.4, 0.5) is 5.69 Å². The summed E-state index contributed by atoms with van der Waals surface area (Å²) >= 11 is 0. The van der Waals surface area contributed by atoms with Crippen molar-refractivity contribution < 1.29 is 18.7 Å². The van der Waals surface area contributed by atoms with E-state index in [1.165, 1.54) is 0 Å². The van der Waals surface area contributed by atoms with Crippen LogP contribution in [0.15, 0.2) is 106 Å². The van der Waals surface area contributed by atoms with E-state index in [-0.39, 0.29) is 17.1 Å². The van der Waals surface area contributed by atoms with Gasteiger partial charge >= 0.3 is 0 Å². The monoisotopic (exact) mass is 517 g/mol. The van der Waals surface area contributed by atoms with Crippen LogP contribution in [-0.4, -0.2) is 12.5 Å². The Bertz CT molecular complexity index is 1740. The van der Waals surface area contributed by atoms with Gasteiger partial charge in [0, 0.05) is 5.69 Å². The lowest BCUT2D eigenvalue weighted by Crippen LogP contribution is -2.29. The number of anilines is 1. The van der Waals surface area contributed by atoms with Crippen molar-refractivity contribution in [3.8, 4) is 11.5 Å². The lowest BCUT2D eigenvalue weighted by Gasteiger charge is -2.26. The fraction of sp³-hybridized carbons (Fsp3) is 0.152. The molecule has 0 fully saturated rings. The number of aryl methyl sites for hydroxylation is 1. The van der Waals surface area contributed by atoms with Crippen molar-refractivity contribution in [2.75, 3.05) is 11.5 Å². The molecule has 39 heavy (non-hydrogen) atoms. The molecular weight excluding hydrogens is 490 g/mol. The Morgan fingerprint density at radius 3 is 2.41 bits per heavy atom. The van der Waals surface area contributed by atoms with Gasteiger partial charge in [0.2, 0.25) is 5.76 Å². The van der Waals surface area contributed by atoms with E-state index in [9.17, 15) is 9.59 Å². The van der Waals surface area contributed by atoms with Crippen molar-refractivity contribution >= 4 is 22.6 Å². The molecule has 1 aromatic heterocycles. The molecule has 1 atom stereocenters. The van der Waals surface area contributed by atoms with Crippen LogP contribution in [0.2, 0.25) is 0 Å². The Labute approximate surface area is 226 Å². The molecule has 1 unspecified atom stereocenters. The fourth-order valence-electron chi connectivity index (χ4n) is 5.10. The number of para-hydroxylation sites is 1. The molecular formula is C33H27NO5. The highest BCUT2D eigenvalue weighted by molar-refractivity contribution is 6.10. The number of ether oxygens (including phenoxy) is 2. The molecule has 6 heteroatoms. The molecule has 0 radical (unpaired) electrons. The highest BCUT2D eigenvalue weighted by Gasteiger charge is 2.44. The van der Waals surface area contributed by atoms with Crippen molar-refractivity contribution in [1.82, 2.24) is 0 Å². The van der Waals surface area contributed by atoms with Gasteiger partial charge in [-0.05, 0) is 66.9 Å². The predicted molar refractivity (Wildman–Crippen MR) is 151 cm³/mol. The first-order valence-corrected chi connectivity index (χ1v) is 12.9. The van der Waals surface area contributed by atoms with Crippen LogP contribution in [0.3, 0.4) is 0 Å². The van der Waals surface area contributed by atoms with Crippen LogP contribution in [0.1, 0.15) is 45.8 Å². The second kappa shape index (κ2) is 10.1. The minimum absolute atomic E-state index is 0.0626. The maximum atomic E-state index is 13.9. The SMILES string of the molecule is CCOc1cc(C2c3c(oc4ccccc4c3=O)C(=O)N2c2cccc(C)c2)ccc1OCc1ccccc1. The Hall–Kier alpha value is -4.84. The lowest BCUT2D eigenvalue weighted by atomic mass is 9.97. The smallest absolute Gasteiger partial charge is 0.295 e.